The molecule has 0 saturated heterocycles. The molecular weight excluding hydrogens is 202 g/mol. The molecule has 0 atom stereocenters. The number of amides is 1. The van der Waals surface area contributed by atoms with E-state index in [0.29, 0.717) is 12.2 Å². The highest BCUT2D eigenvalue weighted by Crippen LogP contribution is 2.07. The van der Waals surface area contributed by atoms with E-state index in [9.17, 15) is 4.79 Å². The Hall–Kier alpha value is -1.58. The third kappa shape index (κ3) is 3.22. The van der Waals surface area contributed by atoms with Crippen molar-refractivity contribution in [3.8, 4) is 0 Å². The van der Waals surface area contributed by atoms with Crippen molar-refractivity contribution in [3.63, 3.8) is 0 Å². The topological polar surface area (TPSA) is 45.2 Å². The Kier molecular flexibility index (Phi) is 4.76. The average molecular weight is 221 g/mol. The molecule has 0 unspecified atom stereocenters. The summed E-state index contributed by atoms with van der Waals surface area (Å²) in [7, 11) is 1.77. The van der Waals surface area contributed by atoms with Crippen LogP contribution >= 0.6 is 0 Å². The molecular formula is C12H19N3O. The Bertz CT molecular complexity index is 335. The van der Waals surface area contributed by atoms with Gasteiger partial charge in [-0.3, -0.25) is 4.79 Å². The summed E-state index contributed by atoms with van der Waals surface area (Å²) in [5.74, 6) is -0.0375. The first-order chi connectivity index (χ1) is 7.69. The molecule has 0 saturated carbocycles. The number of hydrogen-bond acceptors (Lipinski definition) is 3. The second-order valence-electron chi connectivity index (χ2n) is 3.68. The Morgan fingerprint density at radius 3 is 2.69 bits per heavy atom. The molecule has 0 aliphatic heterocycles. The van der Waals surface area contributed by atoms with Gasteiger partial charge in [0.15, 0.2) is 0 Å². The van der Waals surface area contributed by atoms with E-state index in [2.05, 4.69) is 17.2 Å². The first kappa shape index (κ1) is 12.5. The van der Waals surface area contributed by atoms with Crippen molar-refractivity contribution in [2.45, 2.75) is 20.3 Å². The molecule has 1 heterocycles. The van der Waals surface area contributed by atoms with Gasteiger partial charge in [-0.2, -0.15) is 0 Å². The Morgan fingerprint density at radius 1 is 1.44 bits per heavy atom. The summed E-state index contributed by atoms with van der Waals surface area (Å²) < 4.78 is 0. The molecule has 16 heavy (non-hydrogen) atoms. The SMILES string of the molecule is CCCNc1ccc(C(=O)N(C)CC)nc1. The number of pyridine rings is 1. The molecule has 1 N–H and O–H groups in total. The van der Waals surface area contributed by atoms with Gasteiger partial charge in [-0.15, -0.1) is 0 Å². The van der Waals surface area contributed by atoms with Gasteiger partial charge in [0.1, 0.15) is 5.69 Å². The van der Waals surface area contributed by atoms with Crippen LogP contribution in [0.5, 0.6) is 0 Å². The minimum Gasteiger partial charge on any atom is -0.384 e. The highest BCUT2D eigenvalue weighted by atomic mass is 16.2. The molecule has 0 aromatic carbocycles. The van der Waals surface area contributed by atoms with Gasteiger partial charge in [0.05, 0.1) is 11.9 Å². The summed E-state index contributed by atoms with van der Waals surface area (Å²) in [4.78, 5) is 17.5. The van der Waals surface area contributed by atoms with E-state index in [4.69, 9.17) is 0 Å². The molecule has 1 aromatic heterocycles. The monoisotopic (exact) mass is 221 g/mol. The number of rotatable bonds is 5. The number of aromatic nitrogens is 1. The van der Waals surface area contributed by atoms with Crippen LogP contribution in [0.25, 0.3) is 0 Å². The van der Waals surface area contributed by atoms with E-state index in [1.807, 2.05) is 13.0 Å². The summed E-state index contributed by atoms with van der Waals surface area (Å²) in [5, 5.41) is 3.22. The maximum atomic E-state index is 11.7. The molecule has 0 radical (unpaired) electrons. The van der Waals surface area contributed by atoms with Gasteiger partial charge in [0.25, 0.3) is 5.91 Å². The van der Waals surface area contributed by atoms with E-state index >= 15 is 0 Å². The lowest BCUT2D eigenvalue weighted by Crippen LogP contribution is -2.26. The van der Waals surface area contributed by atoms with Gasteiger partial charge in [0.2, 0.25) is 0 Å². The lowest BCUT2D eigenvalue weighted by atomic mass is 10.3. The van der Waals surface area contributed by atoms with Crippen molar-refractivity contribution in [1.29, 1.82) is 0 Å². The lowest BCUT2D eigenvalue weighted by Gasteiger charge is -2.13. The molecule has 88 valence electrons. The number of hydrogen-bond donors (Lipinski definition) is 1. The maximum Gasteiger partial charge on any atom is 0.272 e. The van der Waals surface area contributed by atoms with E-state index in [-0.39, 0.29) is 5.91 Å². The molecule has 0 aliphatic carbocycles. The van der Waals surface area contributed by atoms with Gasteiger partial charge in [-0.25, -0.2) is 4.98 Å². The van der Waals surface area contributed by atoms with Crippen LogP contribution in [0.1, 0.15) is 30.8 Å². The van der Waals surface area contributed by atoms with Crippen LogP contribution in [0, 0.1) is 0 Å². The molecule has 0 fully saturated rings. The van der Waals surface area contributed by atoms with Crippen molar-refractivity contribution >= 4 is 11.6 Å². The molecule has 1 rings (SSSR count). The van der Waals surface area contributed by atoms with Crippen molar-refractivity contribution in [3.05, 3.63) is 24.0 Å². The van der Waals surface area contributed by atoms with Crippen molar-refractivity contribution in [2.24, 2.45) is 0 Å². The minimum atomic E-state index is -0.0375. The third-order valence-electron chi connectivity index (χ3n) is 2.38. The first-order valence-electron chi connectivity index (χ1n) is 5.64. The van der Waals surface area contributed by atoms with Crippen molar-refractivity contribution in [2.75, 3.05) is 25.5 Å². The normalized spacial score (nSPS) is 9.94. The highest BCUT2D eigenvalue weighted by molar-refractivity contribution is 5.92. The summed E-state index contributed by atoms with van der Waals surface area (Å²) >= 11 is 0. The molecule has 0 bridgehead atoms. The summed E-state index contributed by atoms with van der Waals surface area (Å²) in [6.45, 7) is 5.66. The fourth-order valence-electron chi connectivity index (χ4n) is 1.23. The summed E-state index contributed by atoms with van der Waals surface area (Å²) in [5.41, 5.74) is 1.45. The smallest absolute Gasteiger partial charge is 0.272 e. The zero-order valence-corrected chi connectivity index (χ0v) is 10.2. The first-order valence-corrected chi connectivity index (χ1v) is 5.64. The fraction of sp³-hybridized carbons (Fsp3) is 0.500. The molecule has 1 amide bonds. The quantitative estimate of drug-likeness (QED) is 0.827. The minimum absolute atomic E-state index is 0.0375. The molecule has 1 aromatic rings. The second kappa shape index (κ2) is 6.10. The molecule has 0 spiro atoms. The highest BCUT2D eigenvalue weighted by Gasteiger charge is 2.10. The van der Waals surface area contributed by atoms with Gasteiger partial charge < -0.3 is 10.2 Å². The van der Waals surface area contributed by atoms with Crippen molar-refractivity contribution < 1.29 is 4.79 Å². The molecule has 4 heteroatoms. The largest absolute Gasteiger partial charge is 0.384 e. The van der Waals surface area contributed by atoms with Crippen LogP contribution in [0.3, 0.4) is 0 Å². The zero-order chi connectivity index (χ0) is 12.0. The Morgan fingerprint density at radius 2 is 2.19 bits per heavy atom. The van der Waals surface area contributed by atoms with E-state index < -0.39 is 0 Å². The van der Waals surface area contributed by atoms with Gasteiger partial charge in [-0.1, -0.05) is 6.92 Å². The van der Waals surface area contributed by atoms with Crippen LogP contribution in [-0.2, 0) is 0 Å². The van der Waals surface area contributed by atoms with E-state index in [1.54, 1.807) is 24.2 Å². The van der Waals surface area contributed by atoms with Crippen molar-refractivity contribution in [1.82, 2.24) is 9.88 Å². The predicted molar refractivity (Wildman–Crippen MR) is 65.7 cm³/mol. The Labute approximate surface area is 96.7 Å². The van der Waals surface area contributed by atoms with Crippen LogP contribution in [-0.4, -0.2) is 35.9 Å². The number of nitrogens with one attached hydrogen (secondary N) is 1. The van der Waals surface area contributed by atoms with Crippen LogP contribution in [0.2, 0.25) is 0 Å². The predicted octanol–water partition coefficient (Wildman–Crippen LogP) is 2.00. The fourth-order valence-corrected chi connectivity index (χ4v) is 1.23. The van der Waals surface area contributed by atoms with E-state index in [0.717, 1.165) is 18.7 Å². The Balaban J connectivity index is 2.67. The van der Waals surface area contributed by atoms with Crippen LogP contribution < -0.4 is 5.32 Å². The lowest BCUT2D eigenvalue weighted by molar-refractivity contribution is 0.0797. The summed E-state index contributed by atoms with van der Waals surface area (Å²) in [6.07, 6.45) is 2.77. The number of anilines is 1. The molecule has 0 aliphatic rings. The summed E-state index contributed by atoms with van der Waals surface area (Å²) in [6, 6.07) is 3.64. The molecule has 4 nitrogen and oxygen atoms in total. The maximum absolute atomic E-state index is 11.7. The zero-order valence-electron chi connectivity index (χ0n) is 10.2. The third-order valence-corrected chi connectivity index (χ3v) is 2.38. The van der Waals surface area contributed by atoms with Crippen LogP contribution in [0.15, 0.2) is 18.3 Å². The number of carbonyl (C=O) groups is 1. The van der Waals surface area contributed by atoms with E-state index in [1.165, 1.54) is 0 Å². The van der Waals surface area contributed by atoms with Crippen LogP contribution in [0.4, 0.5) is 5.69 Å². The van der Waals surface area contributed by atoms with Gasteiger partial charge in [0, 0.05) is 20.1 Å². The number of carbonyl (C=O) groups excluding carboxylic acids is 1. The van der Waals surface area contributed by atoms with Gasteiger partial charge >= 0.3 is 0 Å². The average Bonchev–Trinajstić information content (AvgIpc) is 2.35. The van der Waals surface area contributed by atoms with Gasteiger partial charge in [-0.05, 0) is 25.5 Å². The second-order valence-corrected chi connectivity index (χ2v) is 3.68. The number of nitrogens with zero attached hydrogens (tertiary/aromatic N) is 2. The standard InChI is InChI=1S/C12H19N3O/c1-4-8-13-10-6-7-11(14-9-10)12(16)15(3)5-2/h6-7,9,13H,4-5,8H2,1-3H3.